The smallest absolute Gasteiger partial charge is 0.416 e. The van der Waals surface area contributed by atoms with Gasteiger partial charge in [-0.05, 0) is 42.3 Å². The summed E-state index contributed by atoms with van der Waals surface area (Å²) in [5.74, 6) is 0.706. The fourth-order valence-electron chi connectivity index (χ4n) is 2.11. The number of urea groups is 1. The molecule has 0 heterocycles. The van der Waals surface area contributed by atoms with Crippen molar-refractivity contribution in [1.29, 1.82) is 0 Å². The minimum Gasteiger partial charge on any atom is -0.497 e. The minimum atomic E-state index is -4.51. The summed E-state index contributed by atoms with van der Waals surface area (Å²) >= 11 is 5.83. The minimum absolute atomic E-state index is 0.0240. The van der Waals surface area contributed by atoms with E-state index < -0.39 is 17.8 Å². The average molecular weight is 373 g/mol. The number of methoxy groups -OCH3 is 1. The van der Waals surface area contributed by atoms with E-state index in [9.17, 15) is 18.0 Å². The Morgan fingerprint density at radius 3 is 2.64 bits per heavy atom. The van der Waals surface area contributed by atoms with Crippen LogP contribution in [0.4, 0.5) is 23.7 Å². The predicted molar refractivity (Wildman–Crippen MR) is 90.2 cm³/mol. The van der Waals surface area contributed by atoms with E-state index in [1.54, 1.807) is 13.2 Å². The van der Waals surface area contributed by atoms with Crippen molar-refractivity contribution in [3.8, 4) is 5.75 Å². The number of halogens is 4. The quantitative estimate of drug-likeness (QED) is 0.797. The van der Waals surface area contributed by atoms with Gasteiger partial charge in [0.15, 0.2) is 0 Å². The van der Waals surface area contributed by atoms with Crippen LogP contribution in [-0.4, -0.2) is 19.7 Å². The van der Waals surface area contributed by atoms with Crippen LogP contribution in [0.15, 0.2) is 42.5 Å². The average Bonchev–Trinajstić information content (AvgIpc) is 2.56. The Labute approximate surface area is 147 Å². The largest absolute Gasteiger partial charge is 0.497 e. The van der Waals surface area contributed by atoms with Gasteiger partial charge in [0.05, 0.1) is 23.4 Å². The lowest BCUT2D eigenvalue weighted by Crippen LogP contribution is -2.30. The number of hydrogen-bond donors (Lipinski definition) is 2. The monoisotopic (exact) mass is 372 g/mol. The van der Waals surface area contributed by atoms with Crippen LogP contribution in [0, 0.1) is 0 Å². The lowest BCUT2D eigenvalue weighted by molar-refractivity contribution is -0.137. The summed E-state index contributed by atoms with van der Waals surface area (Å²) in [7, 11) is 1.56. The third-order valence-corrected chi connectivity index (χ3v) is 3.70. The Hall–Kier alpha value is -2.41. The van der Waals surface area contributed by atoms with Gasteiger partial charge in [0.25, 0.3) is 0 Å². The van der Waals surface area contributed by atoms with Gasteiger partial charge in [-0.25, -0.2) is 4.79 Å². The molecule has 0 aliphatic heterocycles. The molecule has 8 heteroatoms. The summed E-state index contributed by atoms with van der Waals surface area (Å²) in [6.07, 6.45) is -3.97. The highest BCUT2D eigenvalue weighted by atomic mass is 35.5. The van der Waals surface area contributed by atoms with Crippen molar-refractivity contribution in [1.82, 2.24) is 5.32 Å². The molecule has 0 unspecified atom stereocenters. The Morgan fingerprint density at radius 2 is 1.96 bits per heavy atom. The number of carbonyl (C=O) groups is 1. The van der Waals surface area contributed by atoms with E-state index in [4.69, 9.17) is 16.3 Å². The van der Waals surface area contributed by atoms with Crippen molar-refractivity contribution in [3.05, 3.63) is 58.6 Å². The summed E-state index contributed by atoms with van der Waals surface area (Å²) in [4.78, 5) is 11.9. The van der Waals surface area contributed by atoms with Crippen LogP contribution in [0.5, 0.6) is 5.75 Å². The number of nitrogens with one attached hydrogen (secondary N) is 2. The molecule has 134 valence electrons. The van der Waals surface area contributed by atoms with Crippen LogP contribution in [0.2, 0.25) is 5.02 Å². The number of carbonyl (C=O) groups excluding carboxylic acids is 1. The van der Waals surface area contributed by atoms with Crippen molar-refractivity contribution < 1.29 is 22.7 Å². The Morgan fingerprint density at radius 1 is 1.20 bits per heavy atom. The van der Waals surface area contributed by atoms with Crippen LogP contribution >= 0.6 is 11.6 Å². The highest BCUT2D eigenvalue weighted by Crippen LogP contribution is 2.33. The Balaban J connectivity index is 1.92. The first-order valence-corrected chi connectivity index (χ1v) is 7.72. The molecule has 0 aliphatic rings. The molecule has 2 N–H and O–H groups in total. The number of alkyl halides is 3. The summed E-state index contributed by atoms with van der Waals surface area (Å²) in [6.45, 7) is 0.301. The van der Waals surface area contributed by atoms with Gasteiger partial charge < -0.3 is 15.4 Å². The number of benzene rings is 2. The molecule has 2 amide bonds. The van der Waals surface area contributed by atoms with Crippen molar-refractivity contribution in [2.75, 3.05) is 19.0 Å². The third-order valence-electron chi connectivity index (χ3n) is 3.38. The first-order chi connectivity index (χ1) is 11.8. The molecular formula is C17H16ClF3N2O2. The first-order valence-electron chi connectivity index (χ1n) is 7.34. The number of amides is 2. The maximum absolute atomic E-state index is 12.7. The molecule has 0 saturated carbocycles. The van der Waals surface area contributed by atoms with E-state index in [0.29, 0.717) is 18.7 Å². The maximum atomic E-state index is 12.7. The molecule has 0 fully saturated rings. The lowest BCUT2D eigenvalue weighted by atomic mass is 10.1. The van der Waals surface area contributed by atoms with E-state index in [-0.39, 0.29) is 10.7 Å². The van der Waals surface area contributed by atoms with Gasteiger partial charge >= 0.3 is 12.2 Å². The standard InChI is InChI=1S/C17H16ClF3N2O2/c1-25-13-4-2-3-11(9-13)7-8-22-16(24)23-15-10-12(17(19,20)21)5-6-14(15)18/h2-6,9-10H,7-8H2,1H3,(H2,22,23,24). The normalized spacial score (nSPS) is 11.1. The summed E-state index contributed by atoms with van der Waals surface area (Å²) in [5.41, 5.74) is -0.0318. The fraction of sp³-hybridized carbons (Fsp3) is 0.235. The molecule has 2 aromatic carbocycles. The Bertz CT molecular complexity index is 751. The van der Waals surface area contributed by atoms with Gasteiger partial charge in [-0.1, -0.05) is 23.7 Å². The molecule has 2 aromatic rings. The van der Waals surface area contributed by atoms with E-state index >= 15 is 0 Å². The first kappa shape index (κ1) is 18.9. The van der Waals surface area contributed by atoms with Crippen LogP contribution in [0.3, 0.4) is 0 Å². The zero-order valence-electron chi connectivity index (χ0n) is 13.3. The maximum Gasteiger partial charge on any atom is 0.416 e. The SMILES string of the molecule is COc1cccc(CCNC(=O)Nc2cc(C(F)(F)F)ccc2Cl)c1. The molecule has 2 rings (SSSR count). The number of ether oxygens (including phenoxy) is 1. The van der Waals surface area contributed by atoms with Crippen molar-refractivity contribution >= 4 is 23.3 Å². The van der Waals surface area contributed by atoms with Crippen LogP contribution in [0.1, 0.15) is 11.1 Å². The van der Waals surface area contributed by atoms with E-state index in [0.717, 1.165) is 23.8 Å². The highest BCUT2D eigenvalue weighted by molar-refractivity contribution is 6.33. The van der Waals surface area contributed by atoms with Gasteiger partial charge in [0.2, 0.25) is 0 Å². The molecule has 0 aliphatic carbocycles. The fourth-order valence-corrected chi connectivity index (χ4v) is 2.28. The molecule has 4 nitrogen and oxygen atoms in total. The molecule has 25 heavy (non-hydrogen) atoms. The lowest BCUT2D eigenvalue weighted by Gasteiger charge is -2.12. The summed E-state index contributed by atoms with van der Waals surface area (Å²) in [5, 5.41) is 4.92. The van der Waals surface area contributed by atoms with Crippen LogP contribution < -0.4 is 15.4 Å². The molecular weight excluding hydrogens is 357 g/mol. The van der Waals surface area contributed by atoms with Crippen molar-refractivity contribution in [2.24, 2.45) is 0 Å². The van der Waals surface area contributed by atoms with E-state index in [1.165, 1.54) is 0 Å². The van der Waals surface area contributed by atoms with Gasteiger partial charge in [-0.3, -0.25) is 0 Å². The molecule has 0 saturated heterocycles. The van der Waals surface area contributed by atoms with E-state index in [1.807, 2.05) is 18.2 Å². The third kappa shape index (κ3) is 5.56. The van der Waals surface area contributed by atoms with Gasteiger partial charge in [0, 0.05) is 6.54 Å². The number of rotatable bonds is 5. The van der Waals surface area contributed by atoms with Gasteiger partial charge in [0.1, 0.15) is 5.75 Å². The van der Waals surface area contributed by atoms with Crippen LogP contribution in [0.25, 0.3) is 0 Å². The molecule has 0 radical (unpaired) electrons. The molecule has 0 bridgehead atoms. The predicted octanol–water partition coefficient (Wildman–Crippen LogP) is 4.73. The van der Waals surface area contributed by atoms with Crippen molar-refractivity contribution in [2.45, 2.75) is 12.6 Å². The van der Waals surface area contributed by atoms with E-state index in [2.05, 4.69) is 10.6 Å². The second-order valence-corrected chi connectivity index (χ2v) is 5.58. The molecule has 0 aromatic heterocycles. The Kier molecular flexibility index (Phi) is 6.14. The highest BCUT2D eigenvalue weighted by Gasteiger charge is 2.31. The van der Waals surface area contributed by atoms with Crippen LogP contribution in [-0.2, 0) is 12.6 Å². The topological polar surface area (TPSA) is 50.4 Å². The second-order valence-electron chi connectivity index (χ2n) is 5.17. The molecule has 0 atom stereocenters. The van der Waals surface area contributed by atoms with Gasteiger partial charge in [-0.2, -0.15) is 13.2 Å². The zero-order valence-corrected chi connectivity index (χ0v) is 14.0. The van der Waals surface area contributed by atoms with Gasteiger partial charge in [-0.15, -0.1) is 0 Å². The summed E-state index contributed by atoms with van der Waals surface area (Å²) in [6, 6.07) is 9.46. The second kappa shape index (κ2) is 8.11. The zero-order chi connectivity index (χ0) is 18.4. The summed E-state index contributed by atoms with van der Waals surface area (Å²) < 4.78 is 43.2. The molecule has 0 spiro atoms. The van der Waals surface area contributed by atoms with Crippen molar-refractivity contribution in [3.63, 3.8) is 0 Å². The number of hydrogen-bond acceptors (Lipinski definition) is 2. The number of anilines is 1.